The first-order valence-electron chi connectivity index (χ1n) is 6.75. The summed E-state index contributed by atoms with van der Waals surface area (Å²) in [6, 6.07) is 9.74. The van der Waals surface area contributed by atoms with E-state index < -0.39 is 6.10 Å². The third-order valence-corrected chi connectivity index (χ3v) is 2.72. The Bertz CT molecular complexity index is 301. The number of hydrogen-bond acceptors (Lipinski definition) is 3. The van der Waals surface area contributed by atoms with E-state index in [1.807, 2.05) is 30.3 Å². The van der Waals surface area contributed by atoms with Gasteiger partial charge in [0.1, 0.15) is 0 Å². The summed E-state index contributed by atoms with van der Waals surface area (Å²) in [5.74, 6) is 0. The molecule has 1 atom stereocenters. The van der Waals surface area contributed by atoms with Crippen LogP contribution in [-0.4, -0.2) is 30.9 Å². The Morgan fingerprint density at radius 2 is 1.89 bits per heavy atom. The van der Waals surface area contributed by atoms with Crippen LogP contribution in [0.1, 0.15) is 38.4 Å². The molecule has 1 rings (SSSR count). The highest BCUT2D eigenvalue weighted by atomic mass is 16.5. The van der Waals surface area contributed by atoms with Crippen LogP contribution in [0.4, 0.5) is 0 Å². The molecule has 1 aromatic rings. The lowest BCUT2D eigenvalue weighted by Crippen LogP contribution is -2.22. The van der Waals surface area contributed by atoms with Gasteiger partial charge in [-0.05, 0) is 38.8 Å². The Morgan fingerprint density at radius 3 is 2.56 bits per heavy atom. The van der Waals surface area contributed by atoms with Gasteiger partial charge in [0.05, 0.1) is 12.2 Å². The molecule has 102 valence electrons. The van der Waals surface area contributed by atoms with Crippen molar-refractivity contribution in [2.24, 2.45) is 0 Å². The van der Waals surface area contributed by atoms with Crippen LogP contribution >= 0.6 is 0 Å². The van der Waals surface area contributed by atoms with Crippen molar-refractivity contribution in [2.45, 2.75) is 38.9 Å². The normalized spacial score (nSPS) is 12.9. The molecule has 3 nitrogen and oxygen atoms in total. The van der Waals surface area contributed by atoms with E-state index in [1.54, 1.807) is 0 Å². The summed E-state index contributed by atoms with van der Waals surface area (Å²) < 4.78 is 5.46. The molecule has 0 bridgehead atoms. The molecule has 1 unspecified atom stereocenters. The standard InChI is InChI=1S/C15H25NO2/c1-13(2)18-11-7-6-10-16-12-15(17)14-8-4-3-5-9-14/h3-5,8-9,13,15-17H,6-7,10-12H2,1-2H3. The average Bonchev–Trinajstić information content (AvgIpc) is 2.38. The molecule has 0 spiro atoms. The lowest BCUT2D eigenvalue weighted by molar-refractivity contribution is 0.0759. The van der Waals surface area contributed by atoms with E-state index in [0.29, 0.717) is 12.6 Å². The summed E-state index contributed by atoms with van der Waals surface area (Å²) in [6.07, 6.45) is 2.04. The number of benzene rings is 1. The molecular formula is C15H25NO2. The summed E-state index contributed by atoms with van der Waals surface area (Å²) in [5.41, 5.74) is 0.966. The second-order valence-corrected chi connectivity index (χ2v) is 4.76. The van der Waals surface area contributed by atoms with Gasteiger partial charge in [-0.3, -0.25) is 0 Å². The Labute approximate surface area is 110 Å². The zero-order valence-corrected chi connectivity index (χ0v) is 11.4. The Morgan fingerprint density at radius 1 is 1.17 bits per heavy atom. The Hall–Kier alpha value is -0.900. The van der Waals surface area contributed by atoms with Crippen LogP contribution in [0, 0.1) is 0 Å². The van der Waals surface area contributed by atoms with Crippen LogP contribution in [0.3, 0.4) is 0 Å². The first kappa shape index (κ1) is 15.2. The molecule has 0 heterocycles. The molecule has 0 aliphatic carbocycles. The van der Waals surface area contributed by atoms with Crippen molar-refractivity contribution in [1.82, 2.24) is 5.32 Å². The molecule has 0 aliphatic heterocycles. The van der Waals surface area contributed by atoms with E-state index in [2.05, 4.69) is 19.2 Å². The van der Waals surface area contributed by atoms with Crippen molar-refractivity contribution in [1.29, 1.82) is 0 Å². The number of aliphatic hydroxyl groups is 1. The van der Waals surface area contributed by atoms with Gasteiger partial charge in [-0.1, -0.05) is 30.3 Å². The van der Waals surface area contributed by atoms with Crippen molar-refractivity contribution in [2.75, 3.05) is 19.7 Å². The minimum atomic E-state index is -0.418. The van der Waals surface area contributed by atoms with E-state index in [9.17, 15) is 5.11 Å². The van der Waals surface area contributed by atoms with Gasteiger partial charge in [0.2, 0.25) is 0 Å². The van der Waals surface area contributed by atoms with E-state index in [1.165, 1.54) is 0 Å². The summed E-state index contributed by atoms with van der Waals surface area (Å²) in [7, 11) is 0. The maximum Gasteiger partial charge on any atom is 0.0914 e. The SMILES string of the molecule is CC(C)OCCCCNCC(O)c1ccccc1. The maximum atomic E-state index is 9.91. The fourth-order valence-electron chi connectivity index (χ4n) is 1.70. The number of unbranched alkanes of at least 4 members (excludes halogenated alkanes) is 1. The summed E-state index contributed by atoms with van der Waals surface area (Å²) in [4.78, 5) is 0. The van der Waals surface area contributed by atoms with Gasteiger partial charge in [0, 0.05) is 13.2 Å². The zero-order valence-electron chi connectivity index (χ0n) is 11.4. The van der Waals surface area contributed by atoms with Crippen LogP contribution in [0.15, 0.2) is 30.3 Å². The highest BCUT2D eigenvalue weighted by molar-refractivity contribution is 5.17. The number of aliphatic hydroxyl groups excluding tert-OH is 1. The molecule has 0 aliphatic rings. The highest BCUT2D eigenvalue weighted by Crippen LogP contribution is 2.10. The van der Waals surface area contributed by atoms with Crippen molar-refractivity contribution < 1.29 is 9.84 Å². The maximum absolute atomic E-state index is 9.91. The Kier molecular flexibility index (Phi) is 7.65. The van der Waals surface area contributed by atoms with Gasteiger partial charge < -0.3 is 15.2 Å². The lowest BCUT2D eigenvalue weighted by atomic mass is 10.1. The van der Waals surface area contributed by atoms with Gasteiger partial charge in [0.25, 0.3) is 0 Å². The summed E-state index contributed by atoms with van der Waals surface area (Å²) in [6.45, 7) is 6.45. The van der Waals surface area contributed by atoms with Crippen LogP contribution < -0.4 is 5.32 Å². The molecule has 0 fully saturated rings. The van der Waals surface area contributed by atoms with Gasteiger partial charge in [-0.2, -0.15) is 0 Å². The molecule has 0 saturated carbocycles. The first-order chi connectivity index (χ1) is 8.70. The summed E-state index contributed by atoms with van der Waals surface area (Å²) in [5, 5.41) is 13.2. The van der Waals surface area contributed by atoms with Crippen LogP contribution in [0.25, 0.3) is 0 Å². The topological polar surface area (TPSA) is 41.5 Å². The number of nitrogens with one attached hydrogen (secondary N) is 1. The van der Waals surface area contributed by atoms with Gasteiger partial charge >= 0.3 is 0 Å². The van der Waals surface area contributed by atoms with Gasteiger partial charge in [-0.25, -0.2) is 0 Å². The number of hydrogen-bond donors (Lipinski definition) is 2. The Balaban J connectivity index is 2.01. The summed E-state index contributed by atoms with van der Waals surface area (Å²) >= 11 is 0. The van der Waals surface area contributed by atoms with E-state index in [0.717, 1.165) is 31.6 Å². The second kappa shape index (κ2) is 9.09. The monoisotopic (exact) mass is 251 g/mol. The minimum absolute atomic E-state index is 0.317. The van der Waals surface area contributed by atoms with Crippen molar-refractivity contribution in [3.05, 3.63) is 35.9 Å². The average molecular weight is 251 g/mol. The molecule has 0 saturated heterocycles. The third-order valence-electron chi connectivity index (χ3n) is 2.72. The number of rotatable bonds is 9. The van der Waals surface area contributed by atoms with Crippen molar-refractivity contribution >= 4 is 0 Å². The molecule has 18 heavy (non-hydrogen) atoms. The molecule has 3 heteroatoms. The molecule has 1 aromatic carbocycles. The fraction of sp³-hybridized carbons (Fsp3) is 0.600. The quantitative estimate of drug-likeness (QED) is 0.663. The fourth-order valence-corrected chi connectivity index (χ4v) is 1.70. The van der Waals surface area contributed by atoms with Crippen LogP contribution in [0.5, 0.6) is 0 Å². The predicted molar refractivity (Wildman–Crippen MR) is 74.6 cm³/mol. The van der Waals surface area contributed by atoms with E-state index in [-0.39, 0.29) is 0 Å². The largest absolute Gasteiger partial charge is 0.387 e. The van der Waals surface area contributed by atoms with Crippen LogP contribution in [0.2, 0.25) is 0 Å². The molecule has 2 N–H and O–H groups in total. The predicted octanol–water partition coefficient (Wildman–Crippen LogP) is 2.51. The minimum Gasteiger partial charge on any atom is -0.387 e. The van der Waals surface area contributed by atoms with Crippen LogP contribution in [-0.2, 0) is 4.74 Å². The molecule has 0 aromatic heterocycles. The third kappa shape index (κ3) is 6.74. The lowest BCUT2D eigenvalue weighted by Gasteiger charge is -2.12. The van der Waals surface area contributed by atoms with Gasteiger partial charge in [0.15, 0.2) is 0 Å². The van der Waals surface area contributed by atoms with E-state index >= 15 is 0 Å². The molecule has 0 amide bonds. The number of ether oxygens (including phenoxy) is 1. The smallest absolute Gasteiger partial charge is 0.0914 e. The first-order valence-corrected chi connectivity index (χ1v) is 6.75. The van der Waals surface area contributed by atoms with Gasteiger partial charge in [-0.15, -0.1) is 0 Å². The van der Waals surface area contributed by atoms with Crippen molar-refractivity contribution in [3.8, 4) is 0 Å². The van der Waals surface area contributed by atoms with E-state index in [4.69, 9.17) is 4.74 Å². The second-order valence-electron chi connectivity index (χ2n) is 4.76. The zero-order chi connectivity index (χ0) is 13.2. The molecular weight excluding hydrogens is 226 g/mol. The van der Waals surface area contributed by atoms with Crippen molar-refractivity contribution in [3.63, 3.8) is 0 Å². The highest BCUT2D eigenvalue weighted by Gasteiger charge is 2.05. The molecule has 0 radical (unpaired) electrons.